The molecule has 0 aliphatic heterocycles. The molecule has 3 heteroatoms. The van der Waals surface area contributed by atoms with Crippen LogP contribution in [0.3, 0.4) is 0 Å². The summed E-state index contributed by atoms with van der Waals surface area (Å²) in [5.41, 5.74) is 0. The minimum Gasteiger partial charge on any atom is -0.381 e. The molecule has 0 atom stereocenters. The van der Waals surface area contributed by atoms with E-state index in [2.05, 4.69) is 19.6 Å². The Labute approximate surface area is 68.3 Å². The average Bonchev–Trinajstić information content (AvgIpc) is 1.97. The van der Waals surface area contributed by atoms with Crippen LogP contribution in [0.2, 0.25) is 0 Å². The first-order chi connectivity index (χ1) is 4.91. The molecule has 0 unspecified atom stereocenters. The third-order valence-electron chi connectivity index (χ3n) is 1.01. The fraction of sp³-hybridized carbons (Fsp3) is 1.00. The van der Waals surface area contributed by atoms with E-state index < -0.39 is 0 Å². The van der Waals surface area contributed by atoms with E-state index in [1.807, 2.05) is 0 Å². The molecule has 0 rings (SSSR count). The Morgan fingerprint density at radius 1 is 1.10 bits per heavy atom. The van der Waals surface area contributed by atoms with Crippen molar-refractivity contribution in [3.63, 3.8) is 0 Å². The average molecular weight is 163 g/mol. The van der Waals surface area contributed by atoms with Crippen LogP contribution in [0.1, 0.15) is 19.8 Å². The van der Waals surface area contributed by atoms with Gasteiger partial charge in [0.05, 0.1) is 0 Å². The molecule has 2 nitrogen and oxygen atoms in total. The van der Waals surface area contributed by atoms with Gasteiger partial charge >= 0.3 is 0 Å². The van der Waals surface area contributed by atoms with Gasteiger partial charge in [0.1, 0.15) is 5.94 Å². The molecule has 0 aliphatic carbocycles. The highest BCUT2D eigenvalue weighted by atomic mass is 32.1. The summed E-state index contributed by atoms with van der Waals surface area (Å²) in [6, 6.07) is 0. The molecule has 61 valence electrons. The monoisotopic (exact) mass is 163 g/mol. The van der Waals surface area contributed by atoms with E-state index in [-0.39, 0.29) is 0 Å². The van der Waals surface area contributed by atoms with Crippen LogP contribution in [0, 0.1) is 0 Å². The second-order valence-corrected chi connectivity index (χ2v) is 2.23. The molecule has 0 bridgehead atoms. The van der Waals surface area contributed by atoms with E-state index in [9.17, 15) is 0 Å². The lowest BCUT2D eigenvalue weighted by atomic mass is 10.5. The van der Waals surface area contributed by atoms with Gasteiger partial charge in [-0.2, -0.15) is 0 Å². The van der Waals surface area contributed by atoms with E-state index in [4.69, 9.17) is 9.47 Å². The maximum Gasteiger partial charge on any atom is 0.102 e. The van der Waals surface area contributed by atoms with Crippen molar-refractivity contribution in [1.29, 1.82) is 0 Å². The fourth-order valence-electron chi connectivity index (χ4n) is 0.568. The Bertz CT molecular complexity index is 51.6. The molecule has 0 saturated heterocycles. The van der Waals surface area contributed by atoms with Crippen LogP contribution in [-0.4, -0.2) is 25.8 Å². The number of hydrogen-bond acceptors (Lipinski definition) is 2. The van der Waals surface area contributed by atoms with E-state index in [0.29, 0.717) is 5.94 Å². The van der Waals surface area contributed by atoms with Crippen LogP contribution in [0.5, 0.6) is 0 Å². The quantitative estimate of drug-likeness (QED) is 0.534. The van der Waals surface area contributed by atoms with Crippen LogP contribution in [0.15, 0.2) is 0 Å². The molecule has 0 fully saturated rings. The van der Waals surface area contributed by atoms with E-state index in [0.717, 1.165) is 32.7 Å². The lowest BCUT2D eigenvalue weighted by Crippen LogP contribution is -2.00. The summed E-state index contributed by atoms with van der Waals surface area (Å²) >= 11 is 4.59. The summed E-state index contributed by atoms with van der Waals surface area (Å²) in [7, 11) is 0. The van der Waals surface area contributed by atoms with Gasteiger partial charge in [-0.05, 0) is 12.8 Å². The fourth-order valence-corrected chi connectivity index (χ4v) is 0.686. The van der Waals surface area contributed by atoms with E-state index in [1.54, 1.807) is 0 Å². The molecule has 0 aromatic heterocycles. The standard InChI is InChI=1S/C7H15O2S/c1-2-4-8-5-3-6-9-7-10/h2-7H2,1H3. The van der Waals surface area contributed by atoms with Crippen molar-refractivity contribution >= 4 is 12.6 Å². The van der Waals surface area contributed by atoms with Gasteiger partial charge in [-0.25, -0.2) is 0 Å². The van der Waals surface area contributed by atoms with Gasteiger partial charge in [-0.1, -0.05) is 19.6 Å². The van der Waals surface area contributed by atoms with Crippen LogP contribution in [0.25, 0.3) is 0 Å². The summed E-state index contributed by atoms with van der Waals surface area (Å²) in [6.45, 7) is 4.48. The zero-order valence-electron chi connectivity index (χ0n) is 6.47. The Balaban J connectivity index is 2.65. The minimum atomic E-state index is 0.397. The van der Waals surface area contributed by atoms with Gasteiger partial charge in [0, 0.05) is 19.8 Å². The lowest BCUT2D eigenvalue weighted by molar-refractivity contribution is 0.0997. The first-order valence-corrected chi connectivity index (χ1v) is 4.23. The van der Waals surface area contributed by atoms with E-state index in [1.165, 1.54) is 0 Å². The third-order valence-corrected chi connectivity index (χ3v) is 1.18. The summed E-state index contributed by atoms with van der Waals surface area (Å²) < 4.78 is 10.2. The van der Waals surface area contributed by atoms with Crippen molar-refractivity contribution in [3.05, 3.63) is 0 Å². The minimum absolute atomic E-state index is 0.397. The van der Waals surface area contributed by atoms with Crippen molar-refractivity contribution in [2.75, 3.05) is 25.8 Å². The summed E-state index contributed by atoms with van der Waals surface area (Å²) in [5.74, 6) is 0.397. The highest BCUT2D eigenvalue weighted by molar-refractivity contribution is 7.80. The predicted octanol–water partition coefficient (Wildman–Crippen LogP) is 1.97. The van der Waals surface area contributed by atoms with Crippen LogP contribution >= 0.6 is 12.6 Å². The normalized spacial score (nSPS) is 10.2. The molecular formula is C7H15O2S. The Kier molecular flexibility index (Phi) is 9.52. The van der Waals surface area contributed by atoms with Gasteiger partial charge in [-0.3, -0.25) is 0 Å². The summed E-state index contributed by atoms with van der Waals surface area (Å²) in [6.07, 6.45) is 2.04. The Hall–Kier alpha value is 0.270. The van der Waals surface area contributed by atoms with Crippen molar-refractivity contribution in [1.82, 2.24) is 0 Å². The van der Waals surface area contributed by atoms with Crippen LogP contribution < -0.4 is 0 Å². The summed E-state index contributed by atoms with van der Waals surface area (Å²) in [5, 5.41) is 0. The van der Waals surface area contributed by atoms with Crippen molar-refractivity contribution in [3.8, 4) is 0 Å². The van der Waals surface area contributed by atoms with Gasteiger partial charge in [-0.15, -0.1) is 0 Å². The first-order valence-electron chi connectivity index (χ1n) is 3.65. The molecule has 0 N–H and O–H groups in total. The second-order valence-electron chi connectivity index (χ2n) is 1.99. The Morgan fingerprint density at radius 3 is 2.40 bits per heavy atom. The molecular weight excluding hydrogens is 148 g/mol. The maximum absolute atomic E-state index is 5.22. The molecule has 0 aromatic carbocycles. The smallest absolute Gasteiger partial charge is 0.102 e. The van der Waals surface area contributed by atoms with Crippen molar-refractivity contribution in [2.45, 2.75) is 19.8 Å². The largest absolute Gasteiger partial charge is 0.381 e. The van der Waals surface area contributed by atoms with Crippen molar-refractivity contribution in [2.24, 2.45) is 0 Å². The highest BCUT2D eigenvalue weighted by Crippen LogP contribution is 1.87. The lowest BCUT2D eigenvalue weighted by Gasteiger charge is -2.01. The van der Waals surface area contributed by atoms with Crippen molar-refractivity contribution < 1.29 is 9.47 Å². The summed E-state index contributed by atoms with van der Waals surface area (Å²) in [4.78, 5) is 0. The first kappa shape index (κ1) is 10.3. The Morgan fingerprint density at radius 2 is 1.80 bits per heavy atom. The SMILES string of the molecule is CCCOCCCOC[S]. The predicted molar refractivity (Wildman–Crippen MR) is 44.1 cm³/mol. The zero-order chi connectivity index (χ0) is 7.66. The molecule has 0 heterocycles. The third kappa shape index (κ3) is 8.27. The number of ether oxygens (including phenoxy) is 2. The van der Waals surface area contributed by atoms with Gasteiger partial charge in [0.25, 0.3) is 0 Å². The topological polar surface area (TPSA) is 18.5 Å². The molecule has 0 spiro atoms. The zero-order valence-corrected chi connectivity index (χ0v) is 7.28. The molecule has 0 aliphatic rings. The molecule has 10 heavy (non-hydrogen) atoms. The second kappa shape index (κ2) is 9.27. The van der Waals surface area contributed by atoms with Gasteiger partial charge in [0.2, 0.25) is 0 Å². The number of hydrogen-bond donors (Lipinski definition) is 0. The molecule has 1 radical (unpaired) electrons. The van der Waals surface area contributed by atoms with Crippen LogP contribution in [0.4, 0.5) is 0 Å². The molecule has 0 saturated carbocycles. The molecule has 0 aromatic rings. The van der Waals surface area contributed by atoms with Gasteiger partial charge in [0.15, 0.2) is 0 Å². The molecule has 0 amide bonds. The number of rotatable bonds is 7. The van der Waals surface area contributed by atoms with Crippen LogP contribution in [-0.2, 0) is 9.47 Å². The maximum atomic E-state index is 5.22. The van der Waals surface area contributed by atoms with E-state index >= 15 is 0 Å². The highest BCUT2D eigenvalue weighted by Gasteiger charge is 1.86. The van der Waals surface area contributed by atoms with Gasteiger partial charge < -0.3 is 9.47 Å².